The lowest BCUT2D eigenvalue weighted by atomic mass is 10.3. The van der Waals surface area contributed by atoms with Crippen molar-refractivity contribution in [1.82, 2.24) is 25.6 Å². The molecule has 10 heteroatoms. The number of furan rings is 1. The van der Waals surface area contributed by atoms with Crippen LogP contribution in [0.3, 0.4) is 0 Å². The van der Waals surface area contributed by atoms with Crippen LogP contribution in [0.4, 0.5) is 0 Å². The second-order valence-electron chi connectivity index (χ2n) is 6.27. The second kappa shape index (κ2) is 9.78. The number of hydrogen-bond donors (Lipinski definition) is 2. The normalized spacial score (nSPS) is 10.7. The van der Waals surface area contributed by atoms with E-state index < -0.39 is 5.91 Å². The number of ether oxygens (including phenoxy) is 1. The Bertz CT molecular complexity index is 954. The minimum absolute atomic E-state index is 0.0733. The number of hydrazine groups is 1. The molecule has 0 atom stereocenters. The zero-order valence-corrected chi connectivity index (χ0v) is 16.8. The molecule has 0 unspecified atom stereocenters. The van der Waals surface area contributed by atoms with Crippen molar-refractivity contribution in [3.63, 3.8) is 0 Å². The van der Waals surface area contributed by atoms with Crippen LogP contribution in [0.15, 0.2) is 58.4 Å². The molecule has 0 saturated heterocycles. The fraction of sp³-hybridized carbons (Fsp3) is 0.263. The Labute approximate surface area is 171 Å². The number of nitrogens with zero attached hydrogens (tertiary/aromatic N) is 3. The number of para-hydroxylation sites is 1. The average molecular weight is 415 g/mol. The summed E-state index contributed by atoms with van der Waals surface area (Å²) in [5.74, 6) is 0.423. The Kier molecular flexibility index (Phi) is 6.90. The number of carbonyl (C=O) groups excluding carboxylic acids is 2. The lowest BCUT2D eigenvalue weighted by molar-refractivity contribution is -0.119. The molecule has 0 aliphatic rings. The summed E-state index contributed by atoms with van der Waals surface area (Å²) in [4.78, 5) is 24.1. The lowest BCUT2D eigenvalue weighted by Crippen LogP contribution is -2.42. The molecule has 1 aromatic carbocycles. The van der Waals surface area contributed by atoms with Crippen molar-refractivity contribution in [2.45, 2.75) is 31.7 Å². The van der Waals surface area contributed by atoms with Gasteiger partial charge >= 0.3 is 5.91 Å². The van der Waals surface area contributed by atoms with Crippen molar-refractivity contribution in [3.8, 4) is 5.75 Å². The number of nitrogens with one attached hydrogen (secondary N) is 2. The minimum Gasteiger partial charge on any atom is -0.486 e. The van der Waals surface area contributed by atoms with Gasteiger partial charge in [-0.25, -0.2) is 0 Å². The van der Waals surface area contributed by atoms with E-state index in [9.17, 15) is 9.59 Å². The number of benzene rings is 1. The van der Waals surface area contributed by atoms with E-state index in [4.69, 9.17) is 9.15 Å². The molecule has 0 aliphatic heterocycles. The summed E-state index contributed by atoms with van der Waals surface area (Å²) in [6, 6.07) is 12.6. The van der Waals surface area contributed by atoms with Crippen molar-refractivity contribution in [3.05, 3.63) is 60.3 Å². The summed E-state index contributed by atoms with van der Waals surface area (Å²) in [6.45, 7) is 4.18. The van der Waals surface area contributed by atoms with E-state index in [-0.39, 0.29) is 30.1 Å². The molecule has 0 bridgehead atoms. The van der Waals surface area contributed by atoms with Crippen LogP contribution in [0.2, 0.25) is 0 Å². The van der Waals surface area contributed by atoms with Crippen LogP contribution in [0.25, 0.3) is 0 Å². The first-order valence-corrected chi connectivity index (χ1v) is 9.89. The van der Waals surface area contributed by atoms with Crippen molar-refractivity contribution in [2.24, 2.45) is 0 Å². The van der Waals surface area contributed by atoms with Crippen molar-refractivity contribution in [1.29, 1.82) is 0 Å². The van der Waals surface area contributed by atoms with Gasteiger partial charge in [-0.1, -0.05) is 30.0 Å². The summed E-state index contributed by atoms with van der Waals surface area (Å²) < 4.78 is 12.9. The van der Waals surface area contributed by atoms with Gasteiger partial charge in [0, 0.05) is 6.04 Å². The molecule has 0 fully saturated rings. The standard InChI is InChI=1S/C19H21N5O4S/c1-13(2)24-12-20-23-19(24)29-11-17(25)21-22-18(26)16-9-8-15(28-16)10-27-14-6-4-3-5-7-14/h3-9,12-13H,10-11H2,1-2H3,(H,21,25)(H,22,26). The molecule has 2 amide bonds. The fourth-order valence-electron chi connectivity index (χ4n) is 2.29. The quantitative estimate of drug-likeness (QED) is 0.430. The van der Waals surface area contributed by atoms with Gasteiger partial charge in [0.1, 0.15) is 24.4 Å². The highest BCUT2D eigenvalue weighted by atomic mass is 32.2. The topological polar surface area (TPSA) is 111 Å². The molecular formula is C19H21N5O4S. The van der Waals surface area contributed by atoms with Gasteiger partial charge in [-0.2, -0.15) is 0 Å². The van der Waals surface area contributed by atoms with Gasteiger partial charge in [-0.3, -0.25) is 20.4 Å². The Morgan fingerprint density at radius 1 is 1.17 bits per heavy atom. The molecule has 2 aromatic heterocycles. The Morgan fingerprint density at radius 2 is 1.97 bits per heavy atom. The van der Waals surface area contributed by atoms with Gasteiger partial charge < -0.3 is 13.7 Å². The predicted molar refractivity (Wildman–Crippen MR) is 106 cm³/mol. The van der Waals surface area contributed by atoms with Crippen LogP contribution in [0.5, 0.6) is 5.75 Å². The third-order valence-corrected chi connectivity index (χ3v) is 4.71. The zero-order valence-electron chi connectivity index (χ0n) is 16.0. The first kappa shape index (κ1) is 20.5. The number of hydrogen-bond acceptors (Lipinski definition) is 7. The van der Waals surface area contributed by atoms with E-state index in [0.717, 1.165) is 0 Å². The molecule has 2 N–H and O–H groups in total. The van der Waals surface area contributed by atoms with Crippen LogP contribution in [-0.4, -0.2) is 32.3 Å². The second-order valence-corrected chi connectivity index (χ2v) is 7.22. The van der Waals surface area contributed by atoms with E-state index in [1.165, 1.54) is 17.8 Å². The Morgan fingerprint density at radius 3 is 2.72 bits per heavy atom. The monoisotopic (exact) mass is 415 g/mol. The molecule has 2 heterocycles. The van der Waals surface area contributed by atoms with Crippen molar-refractivity contribution >= 4 is 23.6 Å². The molecule has 3 aromatic rings. The zero-order chi connectivity index (χ0) is 20.6. The molecule has 0 radical (unpaired) electrons. The number of amides is 2. The van der Waals surface area contributed by atoms with Gasteiger partial charge in [-0.15, -0.1) is 10.2 Å². The Balaban J connectivity index is 1.42. The highest BCUT2D eigenvalue weighted by Crippen LogP contribution is 2.18. The van der Waals surface area contributed by atoms with Gasteiger partial charge in [0.25, 0.3) is 0 Å². The third-order valence-electron chi connectivity index (χ3n) is 3.75. The SMILES string of the molecule is CC(C)n1cnnc1SCC(=O)NNC(=O)c1ccc(COc2ccccc2)o1. The lowest BCUT2D eigenvalue weighted by Gasteiger charge is -2.09. The fourth-order valence-corrected chi connectivity index (χ4v) is 3.14. The van der Waals surface area contributed by atoms with Crippen molar-refractivity contribution < 1.29 is 18.7 Å². The summed E-state index contributed by atoms with van der Waals surface area (Å²) in [5, 5.41) is 8.45. The Hall–Kier alpha value is -3.27. The van der Waals surface area contributed by atoms with Gasteiger partial charge in [0.15, 0.2) is 10.9 Å². The van der Waals surface area contributed by atoms with E-state index in [1.54, 1.807) is 12.4 Å². The summed E-state index contributed by atoms with van der Waals surface area (Å²) in [6.07, 6.45) is 1.61. The maximum atomic E-state index is 12.1. The number of thioether (sulfide) groups is 1. The van der Waals surface area contributed by atoms with E-state index in [0.29, 0.717) is 16.7 Å². The summed E-state index contributed by atoms with van der Waals surface area (Å²) in [5.41, 5.74) is 4.68. The van der Waals surface area contributed by atoms with Gasteiger partial charge in [0.05, 0.1) is 5.75 Å². The largest absolute Gasteiger partial charge is 0.486 e. The molecule has 152 valence electrons. The van der Waals surface area contributed by atoms with Crippen LogP contribution >= 0.6 is 11.8 Å². The van der Waals surface area contributed by atoms with E-state index in [1.807, 2.05) is 48.7 Å². The van der Waals surface area contributed by atoms with Crippen LogP contribution in [-0.2, 0) is 11.4 Å². The maximum Gasteiger partial charge on any atom is 0.305 e. The van der Waals surface area contributed by atoms with Crippen LogP contribution in [0.1, 0.15) is 36.2 Å². The molecule has 0 spiro atoms. The number of rotatable bonds is 8. The first-order chi connectivity index (χ1) is 14.0. The van der Waals surface area contributed by atoms with Crippen LogP contribution < -0.4 is 15.6 Å². The van der Waals surface area contributed by atoms with E-state index >= 15 is 0 Å². The summed E-state index contributed by atoms with van der Waals surface area (Å²) in [7, 11) is 0. The van der Waals surface area contributed by atoms with Crippen LogP contribution in [0, 0.1) is 0 Å². The highest BCUT2D eigenvalue weighted by Gasteiger charge is 2.14. The molecular weight excluding hydrogens is 394 g/mol. The third kappa shape index (κ3) is 5.85. The smallest absolute Gasteiger partial charge is 0.305 e. The molecule has 3 rings (SSSR count). The van der Waals surface area contributed by atoms with E-state index in [2.05, 4.69) is 21.0 Å². The first-order valence-electron chi connectivity index (χ1n) is 8.91. The molecule has 0 saturated carbocycles. The van der Waals surface area contributed by atoms with Gasteiger partial charge in [0.2, 0.25) is 5.91 Å². The summed E-state index contributed by atoms with van der Waals surface area (Å²) >= 11 is 1.23. The predicted octanol–water partition coefficient (Wildman–Crippen LogP) is 2.58. The van der Waals surface area contributed by atoms with Gasteiger partial charge in [-0.05, 0) is 38.1 Å². The highest BCUT2D eigenvalue weighted by molar-refractivity contribution is 7.99. The molecule has 0 aliphatic carbocycles. The number of aromatic nitrogens is 3. The molecule has 29 heavy (non-hydrogen) atoms. The molecule has 9 nitrogen and oxygen atoms in total. The number of carbonyl (C=O) groups is 2. The van der Waals surface area contributed by atoms with Crippen molar-refractivity contribution in [2.75, 3.05) is 5.75 Å². The average Bonchev–Trinajstić information content (AvgIpc) is 3.39. The minimum atomic E-state index is -0.556. The maximum absolute atomic E-state index is 12.1.